The van der Waals surface area contributed by atoms with Crippen LogP contribution in [0.3, 0.4) is 0 Å². The summed E-state index contributed by atoms with van der Waals surface area (Å²) >= 11 is 0. The topological polar surface area (TPSA) is 33.1 Å². The van der Waals surface area contributed by atoms with Crippen LogP contribution in [0.1, 0.15) is 16.7 Å². The Bertz CT molecular complexity index is 760. The molecule has 2 nitrogen and oxygen atoms in total. The SMILES string of the molecule is Cc1ccc2nc(-c3ccc(CO)cc3)c(C)cc2c1. The maximum atomic E-state index is 9.11. The summed E-state index contributed by atoms with van der Waals surface area (Å²) in [7, 11) is 0. The van der Waals surface area contributed by atoms with Gasteiger partial charge in [-0.05, 0) is 43.2 Å². The molecule has 2 heteroatoms. The van der Waals surface area contributed by atoms with Crippen LogP contribution in [-0.4, -0.2) is 10.1 Å². The maximum Gasteiger partial charge on any atom is 0.0738 e. The van der Waals surface area contributed by atoms with E-state index in [2.05, 4.69) is 38.1 Å². The number of aliphatic hydroxyl groups is 1. The molecule has 0 fully saturated rings. The Morgan fingerprint density at radius 2 is 1.70 bits per heavy atom. The third-order valence-corrected chi connectivity index (χ3v) is 3.57. The molecule has 20 heavy (non-hydrogen) atoms. The molecule has 0 unspecified atom stereocenters. The molecule has 0 aliphatic heterocycles. The number of pyridine rings is 1. The van der Waals surface area contributed by atoms with Crippen LogP contribution in [0, 0.1) is 13.8 Å². The molecule has 0 saturated heterocycles. The average molecular weight is 263 g/mol. The zero-order valence-electron chi connectivity index (χ0n) is 11.7. The molecule has 1 N–H and O–H groups in total. The Kier molecular flexibility index (Phi) is 3.25. The summed E-state index contributed by atoms with van der Waals surface area (Å²) < 4.78 is 0. The van der Waals surface area contributed by atoms with Crippen LogP contribution in [0.5, 0.6) is 0 Å². The first kappa shape index (κ1) is 12.8. The summed E-state index contributed by atoms with van der Waals surface area (Å²) in [6, 6.07) is 16.4. The summed E-state index contributed by atoms with van der Waals surface area (Å²) in [5, 5.41) is 10.3. The predicted molar refractivity (Wildman–Crippen MR) is 82.6 cm³/mol. The number of rotatable bonds is 2. The molecular formula is C18H17NO. The molecule has 0 saturated carbocycles. The first-order valence-corrected chi connectivity index (χ1v) is 6.75. The van der Waals surface area contributed by atoms with Gasteiger partial charge < -0.3 is 5.11 Å². The quantitative estimate of drug-likeness (QED) is 0.757. The van der Waals surface area contributed by atoms with Crippen LogP contribution in [0.4, 0.5) is 0 Å². The minimum absolute atomic E-state index is 0.0731. The van der Waals surface area contributed by atoms with Gasteiger partial charge in [-0.3, -0.25) is 0 Å². The van der Waals surface area contributed by atoms with Crippen molar-refractivity contribution in [1.82, 2.24) is 4.98 Å². The van der Waals surface area contributed by atoms with Gasteiger partial charge in [0, 0.05) is 10.9 Å². The second kappa shape index (κ2) is 5.06. The molecule has 1 aromatic heterocycles. The van der Waals surface area contributed by atoms with Crippen molar-refractivity contribution in [1.29, 1.82) is 0 Å². The zero-order valence-corrected chi connectivity index (χ0v) is 11.7. The zero-order chi connectivity index (χ0) is 14.1. The first-order valence-electron chi connectivity index (χ1n) is 6.75. The van der Waals surface area contributed by atoms with Crippen LogP contribution in [-0.2, 0) is 6.61 Å². The minimum atomic E-state index is 0.0731. The van der Waals surface area contributed by atoms with Crippen molar-refractivity contribution in [2.75, 3.05) is 0 Å². The molecule has 0 bridgehead atoms. The number of aryl methyl sites for hydroxylation is 2. The molecule has 0 aliphatic rings. The monoisotopic (exact) mass is 263 g/mol. The fourth-order valence-electron chi connectivity index (χ4n) is 2.46. The molecular weight excluding hydrogens is 246 g/mol. The standard InChI is InChI=1S/C18H17NO/c1-12-3-8-17-16(9-12)10-13(2)18(19-17)15-6-4-14(11-20)5-7-15/h3-10,20H,11H2,1-2H3. The van der Waals surface area contributed by atoms with Crippen molar-refractivity contribution in [3.05, 3.63) is 65.2 Å². The number of aliphatic hydroxyl groups excluding tert-OH is 1. The number of hydrogen-bond donors (Lipinski definition) is 1. The van der Waals surface area contributed by atoms with Gasteiger partial charge in [0.1, 0.15) is 0 Å². The number of benzene rings is 2. The van der Waals surface area contributed by atoms with Crippen LogP contribution in [0.2, 0.25) is 0 Å². The molecule has 100 valence electrons. The highest BCUT2D eigenvalue weighted by Gasteiger charge is 2.06. The van der Waals surface area contributed by atoms with Gasteiger partial charge in [-0.25, -0.2) is 4.98 Å². The molecule has 0 radical (unpaired) electrons. The van der Waals surface area contributed by atoms with E-state index in [1.807, 2.05) is 24.3 Å². The smallest absolute Gasteiger partial charge is 0.0738 e. The second-order valence-corrected chi connectivity index (χ2v) is 5.21. The van der Waals surface area contributed by atoms with E-state index in [1.54, 1.807) is 0 Å². The fraction of sp³-hybridized carbons (Fsp3) is 0.167. The van der Waals surface area contributed by atoms with Crippen LogP contribution in [0.15, 0.2) is 48.5 Å². The Balaban J connectivity index is 2.14. The highest BCUT2D eigenvalue weighted by molar-refractivity contribution is 5.83. The highest BCUT2D eigenvalue weighted by atomic mass is 16.3. The lowest BCUT2D eigenvalue weighted by atomic mass is 10.0. The summed E-state index contributed by atoms with van der Waals surface area (Å²) in [5.41, 5.74) is 6.44. The van der Waals surface area contributed by atoms with E-state index in [0.29, 0.717) is 0 Å². The highest BCUT2D eigenvalue weighted by Crippen LogP contribution is 2.26. The Morgan fingerprint density at radius 1 is 0.950 bits per heavy atom. The predicted octanol–water partition coefficient (Wildman–Crippen LogP) is 4.01. The van der Waals surface area contributed by atoms with Gasteiger partial charge in [0.15, 0.2) is 0 Å². The van der Waals surface area contributed by atoms with Crippen LogP contribution >= 0.6 is 0 Å². The normalized spacial score (nSPS) is 10.9. The van der Waals surface area contributed by atoms with Gasteiger partial charge in [-0.15, -0.1) is 0 Å². The molecule has 2 aromatic carbocycles. The van der Waals surface area contributed by atoms with Crippen LogP contribution < -0.4 is 0 Å². The largest absolute Gasteiger partial charge is 0.392 e. The third kappa shape index (κ3) is 2.30. The molecule has 3 aromatic rings. The van der Waals surface area contributed by atoms with E-state index in [1.165, 1.54) is 16.5 Å². The van der Waals surface area contributed by atoms with E-state index >= 15 is 0 Å². The molecule has 0 aliphatic carbocycles. The van der Waals surface area contributed by atoms with Gasteiger partial charge in [-0.2, -0.15) is 0 Å². The Labute approximate surface area is 118 Å². The van der Waals surface area contributed by atoms with E-state index in [4.69, 9.17) is 10.1 Å². The van der Waals surface area contributed by atoms with Gasteiger partial charge in [0.2, 0.25) is 0 Å². The molecule has 3 rings (SSSR count). The van der Waals surface area contributed by atoms with Gasteiger partial charge in [0.05, 0.1) is 17.8 Å². The average Bonchev–Trinajstić information content (AvgIpc) is 2.46. The molecule has 1 heterocycles. The van der Waals surface area contributed by atoms with Gasteiger partial charge in [0.25, 0.3) is 0 Å². The molecule has 0 atom stereocenters. The fourth-order valence-corrected chi connectivity index (χ4v) is 2.46. The van der Waals surface area contributed by atoms with E-state index in [0.717, 1.165) is 22.3 Å². The lowest BCUT2D eigenvalue weighted by Crippen LogP contribution is -1.91. The number of fused-ring (bicyclic) bond motifs is 1. The van der Waals surface area contributed by atoms with Gasteiger partial charge in [-0.1, -0.05) is 35.9 Å². The lowest BCUT2D eigenvalue weighted by molar-refractivity contribution is 0.282. The number of hydrogen-bond acceptors (Lipinski definition) is 2. The number of aromatic nitrogens is 1. The van der Waals surface area contributed by atoms with Crippen molar-refractivity contribution < 1.29 is 5.11 Å². The van der Waals surface area contributed by atoms with Gasteiger partial charge >= 0.3 is 0 Å². The summed E-state index contributed by atoms with van der Waals surface area (Å²) in [6.07, 6.45) is 0. The third-order valence-electron chi connectivity index (χ3n) is 3.57. The van der Waals surface area contributed by atoms with Crippen molar-refractivity contribution >= 4 is 10.9 Å². The maximum absolute atomic E-state index is 9.11. The number of nitrogens with zero attached hydrogens (tertiary/aromatic N) is 1. The Hall–Kier alpha value is -2.19. The van der Waals surface area contributed by atoms with E-state index in [-0.39, 0.29) is 6.61 Å². The summed E-state index contributed by atoms with van der Waals surface area (Å²) in [6.45, 7) is 4.25. The molecule has 0 spiro atoms. The van der Waals surface area contributed by atoms with Crippen molar-refractivity contribution in [2.45, 2.75) is 20.5 Å². The van der Waals surface area contributed by atoms with Crippen molar-refractivity contribution in [2.24, 2.45) is 0 Å². The summed E-state index contributed by atoms with van der Waals surface area (Å²) in [5.74, 6) is 0. The Morgan fingerprint density at radius 3 is 2.40 bits per heavy atom. The lowest BCUT2D eigenvalue weighted by Gasteiger charge is -2.09. The van der Waals surface area contributed by atoms with Crippen LogP contribution in [0.25, 0.3) is 22.2 Å². The minimum Gasteiger partial charge on any atom is -0.392 e. The van der Waals surface area contributed by atoms with E-state index in [9.17, 15) is 0 Å². The van der Waals surface area contributed by atoms with Crippen molar-refractivity contribution in [3.63, 3.8) is 0 Å². The first-order chi connectivity index (χ1) is 9.67. The van der Waals surface area contributed by atoms with E-state index < -0.39 is 0 Å². The second-order valence-electron chi connectivity index (χ2n) is 5.21. The summed E-state index contributed by atoms with van der Waals surface area (Å²) in [4.78, 5) is 4.78. The van der Waals surface area contributed by atoms with Crippen molar-refractivity contribution in [3.8, 4) is 11.3 Å². The molecule has 0 amide bonds.